The highest BCUT2D eigenvalue weighted by atomic mass is 16.4. The summed E-state index contributed by atoms with van der Waals surface area (Å²) < 4.78 is 0. The third-order valence-electron chi connectivity index (χ3n) is 2.92. The molecule has 1 rings (SSSR count). The molecule has 20 heavy (non-hydrogen) atoms. The van der Waals surface area contributed by atoms with Crippen molar-refractivity contribution in [1.29, 1.82) is 0 Å². The Kier molecular flexibility index (Phi) is 4.68. The quantitative estimate of drug-likeness (QED) is 0.613. The number of aliphatic carboxylic acids is 1. The van der Waals surface area contributed by atoms with Crippen molar-refractivity contribution in [3.8, 4) is 0 Å². The SMILES string of the molecule is CC(NC(=O)NC(C)(C(=O)O)c1ccccc1)C(N)=O. The lowest BCUT2D eigenvalue weighted by Gasteiger charge is -2.27. The zero-order valence-corrected chi connectivity index (χ0v) is 11.2. The number of amides is 3. The van der Waals surface area contributed by atoms with Crippen LogP contribution < -0.4 is 16.4 Å². The zero-order chi connectivity index (χ0) is 15.3. The van der Waals surface area contributed by atoms with Crippen LogP contribution in [-0.2, 0) is 15.1 Å². The Morgan fingerprint density at radius 2 is 1.80 bits per heavy atom. The standard InChI is InChI=1S/C13H17N3O4/c1-8(10(14)17)15-12(20)16-13(2,11(18)19)9-6-4-3-5-7-9/h3-8H,1-2H3,(H2,14,17)(H,18,19)(H2,15,16,20). The van der Waals surface area contributed by atoms with Crippen molar-refractivity contribution >= 4 is 17.9 Å². The van der Waals surface area contributed by atoms with E-state index in [1.54, 1.807) is 30.3 Å². The van der Waals surface area contributed by atoms with E-state index in [4.69, 9.17) is 5.73 Å². The van der Waals surface area contributed by atoms with E-state index in [1.165, 1.54) is 13.8 Å². The number of primary amides is 1. The van der Waals surface area contributed by atoms with Crippen LogP contribution in [0.15, 0.2) is 30.3 Å². The number of carbonyl (C=O) groups excluding carboxylic acids is 2. The summed E-state index contributed by atoms with van der Waals surface area (Å²) in [6, 6.07) is 6.57. The average Bonchev–Trinajstić information content (AvgIpc) is 2.38. The van der Waals surface area contributed by atoms with Gasteiger partial charge >= 0.3 is 12.0 Å². The van der Waals surface area contributed by atoms with Gasteiger partial charge in [0.15, 0.2) is 5.54 Å². The van der Waals surface area contributed by atoms with Crippen LogP contribution in [0, 0.1) is 0 Å². The summed E-state index contributed by atoms with van der Waals surface area (Å²) in [5.74, 6) is -1.93. The van der Waals surface area contributed by atoms with Crippen LogP contribution in [0.2, 0.25) is 0 Å². The Bertz CT molecular complexity index is 518. The summed E-state index contributed by atoms with van der Waals surface area (Å²) in [7, 11) is 0. The maximum absolute atomic E-state index is 11.8. The van der Waals surface area contributed by atoms with Crippen molar-refractivity contribution in [2.24, 2.45) is 5.73 Å². The number of benzene rings is 1. The molecule has 2 atom stereocenters. The third kappa shape index (κ3) is 3.47. The van der Waals surface area contributed by atoms with Crippen molar-refractivity contribution in [1.82, 2.24) is 10.6 Å². The Hall–Kier alpha value is -2.57. The molecule has 0 saturated heterocycles. The molecule has 2 unspecified atom stereocenters. The summed E-state index contributed by atoms with van der Waals surface area (Å²) in [6.07, 6.45) is 0. The van der Waals surface area contributed by atoms with Crippen molar-refractivity contribution in [2.75, 3.05) is 0 Å². The van der Waals surface area contributed by atoms with E-state index in [0.29, 0.717) is 5.56 Å². The minimum Gasteiger partial charge on any atom is -0.479 e. The lowest BCUT2D eigenvalue weighted by Crippen LogP contribution is -2.55. The fourth-order valence-electron chi connectivity index (χ4n) is 1.55. The van der Waals surface area contributed by atoms with Crippen molar-refractivity contribution in [3.05, 3.63) is 35.9 Å². The smallest absolute Gasteiger partial charge is 0.333 e. The summed E-state index contributed by atoms with van der Waals surface area (Å²) >= 11 is 0. The summed E-state index contributed by atoms with van der Waals surface area (Å²) in [5.41, 5.74) is 3.82. The number of carbonyl (C=O) groups is 3. The van der Waals surface area contributed by atoms with E-state index in [1.807, 2.05) is 0 Å². The van der Waals surface area contributed by atoms with Gasteiger partial charge in [-0.05, 0) is 19.4 Å². The normalized spacial score (nSPS) is 14.7. The Morgan fingerprint density at radius 3 is 2.25 bits per heavy atom. The molecule has 3 amide bonds. The molecule has 1 aromatic carbocycles. The average molecular weight is 279 g/mol. The van der Waals surface area contributed by atoms with Crippen LogP contribution in [0.1, 0.15) is 19.4 Å². The first kappa shape index (κ1) is 15.5. The largest absolute Gasteiger partial charge is 0.479 e. The first-order chi connectivity index (χ1) is 9.27. The highest BCUT2D eigenvalue weighted by Gasteiger charge is 2.37. The molecule has 0 saturated carbocycles. The summed E-state index contributed by atoms with van der Waals surface area (Å²) in [5, 5.41) is 14.0. The number of nitrogens with two attached hydrogens (primary N) is 1. The van der Waals surface area contributed by atoms with E-state index in [0.717, 1.165) is 0 Å². The van der Waals surface area contributed by atoms with Gasteiger partial charge in [-0.1, -0.05) is 30.3 Å². The predicted molar refractivity (Wildman–Crippen MR) is 71.8 cm³/mol. The van der Waals surface area contributed by atoms with E-state index < -0.39 is 29.5 Å². The first-order valence-corrected chi connectivity index (χ1v) is 5.94. The van der Waals surface area contributed by atoms with Gasteiger partial charge in [0.05, 0.1) is 0 Å². The molecule has 0 aliphatic heterocycles. The second-order valence-electron chi connectivity index (χ2n) is 4.52. The molecule has 0 fully saturated rings. The van der Waals surface area contributed by atoms with Gasteiger partial charge < -0.3 is 21.5 Å². The maximum atomic E-state index is 11.8. The maximum Gasteiger partial charge on any atom is 0.333 e. The number of nitrogens with one attached hydrogen (secondary N) is 2. The molecular formula is C13H17N3O4. The number of rotatable bonds is 5. The van der Waals surface area contributed by atoms with E-state index >= 15 is 0 Å². The predicted octanol–water partition coefficient (Wildman–Crippen LogP) is 0.159. The monoisotopic (exact) mass is 279 g/mol. The molecule has 0 radical (unpaired) electrons. The molecule has 0 heterocycles. The number of hydrogen-bond acceptors (Lipinski definition) is 3. The summed E-state index contributed by atoms with van der Waals surface area (Å²) in [6.45, 7) is 2.77. The summed E-state index contributed by atoms with van der Waals surface area (Å²) in [4.78, 5) is 34.1. The van der Waals surface area contributed by atoms with Crippen molar-refractivity contribution in [3.63, 3.8) is 0 Å². The number of hydrogen-bond donors (Lipinski definition) is 4. The Morgan fingerprint density at radius 1 is 1.25 bits per heavy atom. The molecule has 7 heteroatoms. The molecule has 0 bridgehead atoms. The molecule has 7 nitrogen and oxygen atoms in total. The molecule has 108 valence electrons. The molecule has 1 aromatic rings. The fraction of sp³-hybridized carbons (Fsp3) is 0.308. The van der Waals surface area contributed by atoms with Crippen LogP contribution >= 0.6 is 0 Å². The Labute approximate surface area is 116 Å². The lowest BCUT2D eigenvalue weighted by atomic mass is 9.92. The lowest BCUT2D eigenvalue weighted by molar-refractivity contribution is -0.144. The van der Waals surface area contributed by atoms with Crippen LogP contribution in [-0.4, -0.2) is 29.1 Å². The topological polar surface area (TPSA) is 122 Å². The molecule has 0 aliphatic rings. The van der Waals surface area contributed by atoms with Gasteiger partial charge in [0.2, 0.25) is 5.91 Å². The minimum absolute atomic E-state index is 0.411. The Balaban J connectivity index is 2.91. The highest BCUT2D eigenvalue weighted by Crippen LogP contribution is 2.20. The molecule has 5 N–H and O–H groups in total. The van der Waals surface area contributed by atoms with Gasteiger partial charge in [0, 0.05) is 0 Å². The second-order valence-corrected chi connectivity index (χ2v) is 4.52. The minimum atomic E-state index is -1.61. The van der Waals surface area contributed by atoms with E-state index in [-0.39, 0.29) is 0 Å². The van der Waals surface area contributed by atoms with Gasteiger partial charge in [-0.25, -0.2) is 9.59 Å². The van der Waals surface area contributed by atoms with Crippen molar-refractivity contribution < 1.29 is 19.5 Å². The van der Waals surface area contributed by atoms with Crippen LogP contribution in [0.5, 0.6) is 0 Å². The van der Waals surface area contributed by atoms with Crippen LogP contribution in [0.4, 0.5) is 4.79 Å². The van der Waals surface area contributed by atoms with Gasteiger partial charge in [0.25, 0.3) is 0 Å². The van der Waals surface area contributed by atoms with Gasteiger partial charge in [-0.3, -0.25) is 4.79 Å². The van der Waals surface area contributed by atoms with Crippen molar-refractivity contribution in [2.45, 2.75) is 25.4 Å². The number of carboxylic acid groups (broad SMARTS) is 1. The van der Waals surface area contributed by atoms with Crippen LogP contribution in [0.3, 0.4) is 0 Å². The van der Waals surface area contributed by atoms with Gasteiger partial charge in [-0.15, -0.1) is 0 Å². The number of carboxylic acids is 1. The zero-order valence-electron chi connectivity index (χ0n) is 11.2. The van der Waals surface area contributed by atoms with E-state index in [2.05, 4.69) is 10.6 Å². The molecular weight excluding hydrogens is 262 g/mol. The first-order valence-electron chi connectivity index (χ1n) is 5.94. The molecule has 0 spiro atoms. The molecule has 0 aliphatic carbocycles. The van der Waals surface area contributed by atoms with Gasteiger partial charge in [-0.2, -0.15) is 0 Å². The van der Waals surface area contributed by atoms with E-state index in [9.17, 15) is 19.5 Å². The molecule has 0 aromatic heterocycles. The third-order valence-corrected chi connectivity index (χ3v) is 2.92. The highest BCUT2D eigenvalue weighted by molar-refractivity contribution is 5.90. The fourth-order valence-corrected chi connectivity index (χ4v) is 1.55. The van der Waals surface area contributed by atoms with Crippen LogP contribution in [0.25, 0.3) is 0 Å². The second kappa shape index (κ2) is 6.05. The number of urea groups is 1. The van der Waals surface area contributed by atoms with Gasteiger partial charge in [0.1, 0.15) is 6.04 Å².